The predicted molar refractivity (Wildman–Crippen MR) is 81.3 cm³/mol. The van der Waals surface area contributed by atoms with Gasteiger partial charge < -0.3 is 15.6 Å². The molecule has 0 fully saturated rings. The normalized spacial score (nSPS) is 12.6. The average molecular weight is 297 g/mol. The van der Waals surface area contributed by atoms with E-state index in [4.69, 9.17) is 5.84 Å². The zero-order valence-corrected chi connectivity index (χ0v) is 13.0. The zero-order chi connectivity index (χ0) is 16.0. The van der Waals surface area contributed by atoms with Gasteiger partial charge in [0, 0.05) is 18.8 Å². The number of amides is 1. The van der Waals surface area contributed by atoms with Crippen molar-refractivity contribution in [2.24, 2.45) is 11.8 Å². The van der Waals surface area contributed by atoms with Crippen LogP contribution >= 0.6 is 0 Å². The van der Waals surface area contributed by atoms with Gasteiger partial charge in [0.05, 0.1) is 5.56 Å². The Morgan fingerprint density at radius 2 is 2.14 bits per heavy atom. The summed E-state index contributed by atoms with van der Waals surface area (Å²) in [4.78, 5) is 17.9. The standard InChI is InChI=1S/C14H24FN5O/c1-9(2)7-10(8-20(3)4)18-14(21)11-5-6-17-13(19-16)12(11)15/h5-6,9-10H,7-8,16H2,1-4H3,(H,17,19)(H,18,21). The molecule has 0 bridgehead atoms. The molecule has 118 valence electrons. The molecular formula is C14H24FN5O. The summed E-state index contributed by atoms with van der Waals surface area (Å²) >= 11 is 0. The molecule has 0 aromatic carbocycles. The van der Waals surface area contributed by atoms with E-state index < -0.39 is 11.7 Å². The molecule has 0 aliphatic rings. The lowest BCUT2D eigenvalue weighted by Gasteiger charge is -2.24. The van der Waals surface area contributed by atoms with E-state index >= 15 is 0 Å². The van der Waals surface area contributed by atoms with Crippen LogP contribution in [0.15, 0.2) is 12.3 Å². The molecule has 6 nitrogen and oxygen atoms in total. The van der Waals surface area contributed by atoms with Crippen LogP contribution in [0.2, 0.25) is 0 Å². The van der Waals surface area contributed by atoms with Crippen molar-refractivity contribution in [2.45, 2.75) is 26.3 Å². The number of nitrogen functional groups attached to an aromatic ring is 1. The SMILES string of the molecule is CC(C)CC(CN(C)C)NC(=O)c1ccnc(NN)c1F. The quantitative estimate of drug-likeness (QED) is 0.520. The minimum Gasteiger partial charge on any atom is -0.348 e. The summed E-state index contributed by atoms with van der Waals surface area (Å²) in [6, 6.07) is 1.29. The summed E-state index contributed by atoms with van der Waals surface area (Å²) in [5, 5.41) is 2.87. The molecule has 21 heavy (non-hydrogen) atoms. The summed E-state index contributed by atoms with van der Waals surface area (Å²) < 4.78 is 14.0. The first-order chi connectivity index (χ1) is 9.85. The van der Waals surface area contributed by atoms with Crippen molar-refractivity contribution in [1.29, 1.82) is 0 Å². The van der Waals surface area contributed by atoms with Crippen LogP contribution < -0.4 is 16.6 Å². The first-order valence-corrected chi connectivity index (χ1v) is 6.91. The Kier molecular flexibility index (Phi) is 6.51. The molecule has 0 spiro atoms. The summed E-state index contributed by atoms with van der Waals surface area (Å²) in [5.41, 5.74) is 2.07. The van der Waals surface area contributed by atoms with Crippen molar-refractivity contribution in [2.75, 3.05) is 26.1 Å². The number of rotatable bonds is 7. The molecule has 0 aliphatic carbocycles. The first-order valence-electron chi connectivity index (χ1n) is 6.91. The van der Waals surface area contributed by atoms with Gasteiger partial charge in [0.15, 0.2) is 11.6 Å². The van der Waals surface area contributed by atoms with E-state index in [9.17, 15) is 9.18 Å². The highest BCUT2D eigenvalue weighted by molar-refractivity contribution is 5.95. The highest BCUT2D eigenvalue weighted by Crippen LogP contribution is 2.15. The van der Waals surface area contributed by atoms with Gasteiger partial charge >= 0.3 is 0 Å². The predicted octanol–water partition coefficient (Wildman–Crippen LogP) is 1.21. The molecule has 1 rings (SSSR count). The van der Waals surface area contributed by atoms with Crippen LogP contribution in [0.1, 0.15) is 30.6 Å². The molecule has 1 heterocycles. The maximum Gasteiger partial charge on any atom is 0.254 e. The number of hydrogen-bond donors (Lipinski definition) is 3. The van der Waals surface area contributed by atoms with E-state index in [1.165, 1.54) is 12.3 Å². The number of nitrogens with two attached hydrogens (primary N) is 1. The van der Waals surface area contributed by atoms with Gasteiger partial charge in [-0.25, -0.2) is 15.2 Å². The van der Waals surface area contributed by atoms with E-state index in [-0.39, 0.29) is 17.4 Å². The number of nitrogens with zero attached hydrogens (tertiary/aromatic N) is 2. The van der Waals surface area contributed by atoms with Crippen molar-refractivity contribution >= 4 is 11.7 Å². The van der Waals surface area contributed by atoms with Crippen molar-refractivity contribution in [1.82, 2.24) is 15.2 Å². The van der Waals surface area contributed by atoms with Crippen LogP contribution in [-0.2, 0) is 0 Å². The molecule has 1 amide bonds. The smallest absolute Gasteiger partial charge is 0.254 e. The third-order valence-corrected chi connectivity index (χ3v) is 2.95. The van der Waals surface area contributed by atoms with Gasteiger partial charge in [-0.15, -0.1) is 0 Å². The number of aromatic nitrogens is 1. The number of nitrogens with one attached hydrogen (secondary N) is 2. The van der Waals surface area contributed by atoms with Crippen LogP contribution in [0.4, 0.5) is 10.2 Å². The number of likely N-dealkylation sites (N-methyl/N-ethyl adjacent to an activating group) is 1. The number of carbonyl (C=O) groups excluding carboxylic acids is 1. The molecule has 0 radical (unpaired) electrons. The Hall–Kier alpha value is -1.73. The summed E-state index contributed by atoms with van der Waals surface area (Å²) in [7, 11) is 3.87. The molecule has 1 unspecified atom stereocenters. The van der Waals surface area contributed by atoms with E-state index in [2.05, 4.69) is 29.6 Å². The summed E-state index contributed by atoms with van der Waals surface area (Å²) in [5.74, 6) is 4.24. The molecule has 0 aliphatic heterocycles. The largest absolute Gasteiger partial charge is 0.348 e. The van der Waals surface area contributed by atoms with Gasteiger partial charge in [-0.2, -0.15) is 0 Å². The number of anilines is 1. The number of carbonyl (C=O) groups is 1. The van der Waals surface area contributed by atoms with Crippen LogP contribution in [0.3, 0.4) is 0 Å². The van der Waals surface area contributed by atoms with Crippen LogP contribution in [0.5, 0.6) is 0 Å². The van der Waals surface area contributed by atoms with Gasteiger partial charge in [-0.1, -0.05) is 13.8 Å². The molecule has 7 heteroatoms. The van der Waals surface area contributed by atoms with E-state index in [0.29, 0.717) is 12.5 Å². The number of pyridine rings is 1. The fraction of sp³-hybridized carbons (Fsp3) is 0.571. The Balaban J connectivity index is 2.86. The third-order valence-electron chi connectivity index (χ3n) is 2.95. The minimum atomic E-state index is -0.745. The topological polar surface area (TPSA) is 83.3 Å². The second kappa shape index (κ2) is 7.90. The third kappa shape index (κ3) is 5.28. The number of halogens is 1. The Morgan fingerprint density at radius 3 is 2.67 bits per heavy atom. The average Bonchev–Trinajstić information content (AvgIpc) is 2.37. The molecule has 1 aromatic heterocycles. The maximum atomic E-state index is 14.0. The van der Waals surface area contributed by atoms with Crippen molar-refractivity contribution < 1.29 is 9.18 Å². The maximum absolute atomic E-state index is 14.0. The lowest BCUT2D eigenvalue weighted by molar-refractivity contribution is 0.0920. The lowest BCUT2D eigenvalue weighted by Crippen LogP contribution is -2.42. The Labute approximate surface area is 124 Å². The molecule has 0 saturated heterocycles. The first kappa shape index (κ1) is 17.3. The Bertz CT molecular complexity index is 468. The van der Waals surface area contributed by atoms with Gasteiger partial charge in [0.2, 0.25) is 0 Å². The fourth-order valence-electron chi connectivity index (χ4n) is 2.17. The fourth-order valence-corrected chi connectivity index (χ4v) is 2.17. The molecular weight excluding hydrogens is 273 g/mol. The molecule has 1 atom stereocenters. The van der Waals surface area contributed by atoms with E-state index in [0.717, 1.165) is 6.42 Å². The van der Waals surface area contributed by atoms with Crippen LogP contribution in [-0.4, -0.2) is 42.5 Å². The highest BCUT2D eigenvalue weighted by atomic mass is 19.1. The second-order valence-corrected chi connectivity index (χ2v) is 5.73. The van der Waals surface area contributed by atoms with Crippen molar-refractivity contribution in [3.63, 3.8) is 0 Å². The monoisotopic (exact) mass is 297 g/mol. The van der Waals surface area contributed by atoms with Gasteiger partial charge in [0.25, 0.3) is 5.91 Å². The van der Waals surface area contributed by atoms with Crippen molar-refractivity contribution in [3.05, 3.63) is 23.6 Å². The lowest BCUT2D eigenvalue weighted by atomic mass is 10.0. The van der Waals surface area contributed by atoms with Gasteiger partial charge in [-0.05, 0) is 32.5 Å². The highest BCUT2D eigenvalue weighted by Gasteiger charge is 2.20. The molecule has 4 N–H and O–H groups in total. The van der Waals surface area contributed by atoms with Crippen LogP contribution in [0, 0.1) is 11.7 Å². The number of hydrazine groups is 1. The van der Waals surface area contributed by atoms with E-state index in [1.54, 1.807) is 0 Å². The van der Waals surface area contributed by atoms with Crippen LogP contribution in [0.25, 0.3) is 0 Å². The second-order valence-electron chi connectivity index (χ2n) is 5.73. The molecule has 1 aromatic rings. The van der Waals surface area contributed by atoms with Gasteiger partial charge in [-0.3, -0.25) is 4.79 Å². The van der Waals surface area contributed by atoms with E-state index in [1.807, 2.05) is 19.0 Å². The van der Waals surface area contributed by atoms with Crippen molar-refractivity contribution in [3.8, 4) is 0 Å². The summed E-state index contributed by atoms with van der Waals surface area (Å²) in [6.45, 7) is 4.86. The summed E-state index contributed by atoms with van der Waals surface area (Å²) in [6.07, 6.45) is 2.16. The molecule has 0 saturated carbocycles. The number of hydrogen-bond acceptors (Lipinski definition) is 5. The minimum absolute atomic E-state index is 0.0469. The zero-order valence-electron chi connectivity index (χ0n) is 13.0. The van der Waals surface area contributed by atoms with Gasteiger partial charge in [0.1, 0.15) is 0 Å². The Morgan fingerprint density at radius 1 is 1.48 bits per heavy atom.